The van der Waals surface area contributed by atoms with Gasteiger partial charge in [0.25, 0.3) is 0 Å². The number of nitriles is 1. The summed E-state index contributed by atoms with van der Waals surface area (Å²) in [5.74, 6) is 0.257. The highest BCUT2D eigenvalue weighted by molar-refractivity contribution is 5.33. The van der Waals surface area contributed by atoms with E-state index in [1.807, 2.05) is 6.07 Å². The second-order valence-corrected chi connectivity index (χ2v) is 4.63. The van der Waals surface area contributed by atoms with Crippen LogP contribution in [0.25, 0.3) is 0 Å². The number of hydrogen-bond donors (Lipinski definition) is 1. The van der Waals surface area contributed by atoms with Crippen LogP contribution < -0.4 is 5.32 Å². The van der Waals surface area contributed by atoms with Gasteiger partial charge in [-0.2, -0.15) is 5.26 Å². The van der Waals surface area contributed by atoms with Gasteiger partial charge in [-0.3, -0.25) is 0 Å². The maximum Gasteiger partial charge on any atom is 0.128 e. The summed E-state index contributed by atoms with van der Waals surface area (Å²) in [4.78, 5) is 0. The fourth-order valence-corrected chi connectivity index (χ4v) is 2.14. The first-order chi connectivity index (χ1) is 8.79. The van der Waals surface area contributed by atoms with Gasteiger partial charge in [0.05, 0.1) is 18.2 Å². The van der Waals surface area contributed by atoms with Crippen LogP contribution in [0.1, 0.15) is 24.0 Å². The molecule has 1 aromatic carbocycles. The van der Waals surface area contributed by atoms with E-state index in [9.17, 15) is 4.39 Å². The van der Waals surface area contributed by atoms with Crippen molar-refractivity contribution in [2.45, 2.75) is 19.4 Å². The summed E-state index contributed by atoms with van der Waals surface area (Å²) in [6.45, 7) is 2.97. The minimum Gasteiger partial charge on any atom is -0.376 e. The van der Waals surface area contributed by atoms with Gasteiger partial charge < -0.3 is 10.1 Å². The topological polar surface area (TPSA) is 45.0 Å². The van der Waals surface area contributed by atoms with Crippen molar-refractivity contribution in [1.82, 2.24) is 5.32 Å². The lowest BCUT2D eigenvalue weighted by atomic mass is 9.99. The van der Waals surface area contributed by atoms with Crippen molar-refractivity contribution in [1.29, 1.82) is 5.26 Å². The molecule has 0 aliphatic carbocycles. The minimum absolute atomic E-state index is 0.241. The second kappa shape index (κ2) is 6.48. The summed E-state index contributed by atoms with van der Waals surface area (Å²) >= 11 is 0. The first-order valence-corrected chi connectivity index (χ1v) is 6.26. The maximum absolute atomic E-state index is 13.5. The molecule has 0 amide bonds. The molecule has 1 aliphatic rings. The van der Waals surface area contributed by atoms with Crippen molar-refractivity contribution >= 4 is 0 Å². The molecule has 4 heteroatoms. The molecule has 1 saturated heterocycles. The molecule has 1 aromatic rings. The molecule has 1 N–H and O–H groups in total. The molecule has 1 heterocycles. The van der Waals surface area contributed by atoms with Gasteiger partial charge in [0, 0.05) is 12.2 Å². The summed E-state index contributed by atoms with van der Waals surface area (Å²) in [5.41, 5.74) is 0.930. The van der Waals surface area contributed by atoms with Crippen LogP contribution in [0.15, 0.2) is 18.2 Å². The molecule has 1 fully saturated rings. The Morgan fingerprint density at radius 2 is 2.17 bits per heavy atom. The third kappa shape index (κ3) is 3.52. The van der Waals surface area contributed by atoms with Crippen LogP contribution >= 0.6 is 0 Å². The summed E-state index contributed by atoms with van der Waals surface area (Å²) in [7, 11) is 0. The quantitative estimate of drug-likeness (QED) is 0.888. The standard InChI is InChI=1S/C14H17FN2O/c15-14-2-1-12(8-16)7-13(14)10-18-9-11-3-5-17-6-4-11/h1-2,7,11,17H,3-6,9-10H2. The fraction of sp³-hybridized carbons (Fsp3) is 0.500. The van der Waals surface area contributed by atoms with Gasteiger partial charge in [0.15, 0.2) is 0 Å². The van der Waals surface area contributed by atoms with Gasteiger partial charge in [0.1, 0.15) is 5.82 Å². The van der Waals surface area contributed by atoms with Crippen LogP contribution in [-0.2, 0) is 11.3 Å². The van der Waals surface area contributed by atoms with Crippen molar-refractivity contribution in [3.05, 3.63) is 35.1 Å². The molecule has 96 valence electrons. The molecule has 0 spiro atoms. The van der Waals surface area contributed by atoms with Crippen molar-refractivity contribution in [2.75, 3.05) is 19.7 Å². The number of nitrogens with one attached hydrogen (secondary N) is 1. The summed E-state index contributed by atoms with van der Waals surface area (Å²) < 4.78 is 19.0. The van der Waals surface area contributed by atoms with Gasteiger partial charge in [-0.1, -0.05) is 0 Å². The monoisotopic (exact) mass is 248 g/mol. The lowest BCUT2D eigenvalue weighted by molar-refractivity contribution is 0.0746. The first kappa shape index (κ1) is 13.0. The summed E-state index contributed by atoms with van der Waals surface area (Å²) in [6.07, 6.45) is 2.22. The molecule has 18 heavy (non-hydrogen) atoms. The summed E-state index contributed by atoms with van der Waals surface area (Å²) in [5, 5.41) is 12.1. The molecular formula is C14H17FN2O. The van der Waals surface area contributed by atoms with Gasteiger partial charge >= 0.3 is 0 Å². The van der Waals surface area contributed by atoms with E-state index in [1.165, 1.54) is 12.1 Å². The molecule has 1 aliphatic heterocycles. The highest BCUT2D eigenvalue weighted by Gasteiger charge is 2.13. The number of nitrogens with zero attached hydrogens (tertiary/aromatic N) is 1. The lowest BCUT2D eigenvalue weighted by Crippen LogP contribution is -2.29. The molecule has 0 unspecified atom stereocenters. The average molecular weight is 248 g/mol. The van der Waals surface area contributed by atoms with Gasteiger partial charge in [-0.15, -0.1) is 0 Å². The number of benzene rings is 1. The minimum atomic E-state index is -0.306. The third-order valence-electron chi connectivity index (χ3n) is 3.24. The lowest BCUT2D eigenvalue weighted by Gasteiger charge is -2.22. The van der Waals surface area contributed by atoms with Crippen molar-refractivity contribution in [2.24, 2.45) is 5.92 Å². The zero-order valence-corrected chi connectivity index (χ0v) is 10.3. The fourth-order valence-electron chi connectivity index (χ4n) is 2.14. The third-order valence-corrected chi connectivity index (χ3v) is 3.24. The van der Waals surface area contributed by atoms with Crippen LogP contribution in [0.4, 0.5) is 4.39 Å². The van der Waals surface area contributed by atoms with Gasteiger partial charge in [0.2, 0.25) is 0 Å². The zero-order valence-electron chi connectivity index (χ0n) is 10.3. The number of hydrogen-bond acceptors (Lipinski definition) is 3. The molecular weight excluding hydrogens is 231 g/mol. The van der Waals surface area contributed by atoms with E-state index >= 15 is 0 Å². The molecule has 0 radical (unpaired) electrons. The van der Waals surface area contributed by atoms with E-state index < -0.39 is 0 Å². The molecule has 0 saturated carbocycles. The van der Waals surface area contributed by atoms with E-state index in [2.05, 4.69) is 5.32 Å². The number of piperidine rings is 1. The maximum atomic E-state index is 13.5. The van der Waals surface area contributed by atoms with E-state index in [-0.39, 0.29) is 12.4 Å². The molecule has 0 bridgehead atoms. The number of rotatable bonds is 4. The van der Waals surface area contributed by atoms with E-state index in [4.69, 9.17) is 10.00 Å². The van der Waals surface area contributed by atoms with Gasteiger partial charge in [-0.25, -0.2) is 4.39 Å². The Bertz CT molecular complexity index is 436. The Balaban J connectivity index is 1.84. The largest absolute Gasteiger partial charge is 0.376 e. The molecule has 3 nitrogen and oxygen atoms in total. The van der Waals surface area contributed by atoms with Crippen LogP contribution in [0.5, 0.6) is 0 Å². The highest BCUT2D eigenvalue weighted by atomic mass is 19.1. The molecule has 2 rings (SSSR count). The SMILES string of the molecule is N#Cc1ccc(F)c(COCC2CCNCC2)c1. The molecule has 0 aromatic heterocycles. The van der Waals surface area contributed by atoms with Crippen LogP contribution in [0, 0.1) is 23.1 Å². The van der Waals surface area contributed by atoms with Crippen molar-refractivity contribution in [3.8, 4) is 6.07 Å². The van der Waals surface area contributed by atoms with Crippen molar-refractivity contribution in [3.63, 3.8) is 0 Å². The zero-order chi connectivity index (χ0) is 12.8. The predicted molar refractivity (Wildman–Crippen MR) is 66.4 cm³/mol. The van der Waals surface area contributed by atoms with Gasteiger partial charge in [-0.05, 0) is 50.0 Å². The Labute approximate surface area is 107 Å². The Kier molecular flexibility index (Phi) is 4.68. The second-order valence-electron chi connectivity index (χ2n) is 4.63. The Morgan fingerprint density at radius 3 is 2.89 bits per heavy atom. The first-order valence-electron chi connectivity index (χ1n) is 6.26. The van der Waals surface area contributed by atoms with Crippen LogP contribution in [0.2, 0.25) is 0 Å². The Morgan fingerprint density at radius 1 is 1.39 bits per heavy atom. The average Bonchev–Trinajstić information content (AvgIpc) is 2.42. The predicted octanol–water partition coefficient (Wildman–Crippen LogP) is 2.21. The highest BCUT2D eigenvalue weighted by Crippen LogP contribution is 2.15. The normalized spacial score (nSPS) is 16.4. The number of ether oxygens (including phenoxy) is 1. The molecule has 0 atom stereocenters. The van der Waals surface area contributed by atoms with E-state index in [1.54, 1.807) is 6.07 Å². The van der Waals surface area contributed by atoms with Crippen LogP contribution in [-0.4, -0.2) is 19.7 Å². The van der Waals surface area contributed by atoms with E-state index in [0.29, 0.717) is 23.7 Å². The Hall–Kier alpha value is -1.44. The van der Waals surface area contributed by atoms with Crippen LogP contribution in [0.3, 0.4) is 0 Å². The smallest absolute Gasteiger partial charge is 0.128 e. The summed E-state index contributed by atoms with van der Waals surface area (Å²) in [6, 6.07) is 6.36. The van der Waals surface area contributed by atoms with Crippen molar-refractivity contribution < 1.29 is 9.13 Å². The number of halogens is 1. The van der Waals surface area contributed by atoms with E-state index in [0.717, 1.165) is 25.9 Å².